The highest BCUT2D eigenvalue weighted by molar-refractivity contribution is 6.11. The average Bonchev–Trinajstić information content (AvgIpc) is 3.08. The first-order valence-corrected chi connectivity index (χ1v) is 11.3. The number of ketones is 1. The van der Waals surface area contributed by atoms with Crippen molar-refractivity contribution in [2.24, 2.45) is 34.5 Å². The van der Waals surface area contributed by atoms with Gasteiger partial charge in [-0.25, -0.2) is 4.79 Å². The van der Waals surface area contributed by atoms with Crippen LogP contribution in [0.3, 0.4) is 0 Å². The van der Waals surface area contributed by atoms with Crippen molar-refractivity contribution in [1.29, 1.82) is 0 Å². The molecule has 0 saturated heterocycles. The van der Waals surface area contributed by atoms with Gasteiger partial charge in [-0.3, -0.25) is 14.5 Å². The van der Waals surface area contributed by atoms with Crippen LogP contribution in [0.1, 0.15) is 65.2 Å². The van der Waals surface area contributed by atoms with E-state index in [4.69, 9.17) is 0 Å². The minimum atomic E-state index is -0.728. The molecule has 0 spiro atoms. The fourth-order valence-corrected chi connectivity index (χ4v) is 7.47. The molecule has 1 unspecified atom stereocenters. The number of urea groups is 1. The second kappa shape index (κ2) is 6.95. The fourth-order valence-electron chi connectivity index (χ4n) is 7.47. The average molecular weight is 401 g/mol. The number of hydrogen-bond donors (Lipinski definition) is 0. The van der Waals surface area contributed by atoms with Crippen LogP contribution in [0, 0.1) is 34.5 Å². The maximum absolute atomic E-state index is 13.1. The molecule has 160 valence electrons. The second-order valence-electron chi connectivity index (χ2n) is 10.8. The van der Waals surface area contributed by atoms with Gasteiger partial charge in [0.25, 0.3) is 0 Å². The Morgan fingerprint density at radius 2 is 1.76 bits per heavy atom. The summed E-state index contributed by atoms with van der Waals surface area (Å²) < 4.78 is 0. The van der Waals surface area contributed by atoms with Crippen LogP contribution in [0.15, 0.2) is 11.6 Å². The maximum atomic E-state index is 13.1. The Morgan fingerprint density at radius 1 is 1.03 bits per heavy atom. The van der Waals surface area contributed by atoms with Crippen LogP contribution < -0.4 is 0 Å². The lowest BCUT2D eigenvalue weighted by Crippen LogP contribution is -2.53. The van der Waals surface area contributed by atoms with E-state index in [0.29, 0.717) is 23.7 Å². The fraction of sp³-hybridized carbons (Fsp3) is 0.792. The van der Waals surface area contributed by atoms with Crippen LogP contribution in [0.2, 0.25) is 0 Å². The first kappa shape index (κ1) is 20.6. The van der Waals surface area contributed by atoms with E-state index in [-0.39, 0.29) is 23.1 Å². The van der Waals surface area contributed by atoms with Crippen LogP contribution in [0.5, 0.6) is 0 Å². The zero-order chi connectivity index (χ0) is 21.1. The Balaban J connectivity index is 1.62. The van der Waals surface area contributed by atoms with Crippen molar-refractivity contribution >= 4 is 17.7 Å². The molecule has 4 rings (SSSR count). The highest BCUT2D eigenvalue weighted by Crippen LogP contribution is 2.65. The van der Waals surface area contributed by atoms with Gasteiger partial charge < -0.3 is 4.90 Å². The molecule has 4 aliphatic carbocycles. The van der Waals surface area contributed by atoms with Crippen molar-refractivity contribution in [3.8, 4) is 0 Å². The predicted molar refractivity (Wildman–Crippen MR) is 112 cm³/mol. The van der Waals surface area contributed by atoms with Gasteiger partial charge in [-0.05, 0) is 79.6 Å². The van der Waals surface area contributed by atoms with Gasteiger partial charge in [0.05, 0.1) is 0 Å². The van der Waals surface area contributed by atoms with E-state index < -0.39 is 5.92 Å². The molecule has 0 aliphatic heterocycles. The normalized spacial score (nSPS) is 41.0. The Hall–Kier alpha value is -1.65. The lowest BCUT2D eigenvalue weighted by atomic mass is 9.47. The lowest BCUT2D eigenvalue weighted by molar-refractivity contribution is -0.140. The van der Waals surface area contributed by atoms with Gasteiger partial charge in [-0.15, -0.1) is 0 Å². The van der Waals surface area contributed by atoms with Crippen LogP contribution >= 0.6 is 0 Å². The van der Waals surface area contributed by atoms with Gasteiger partial charge in [-0.1, -0.05) is 25.8 Å². The number of amides is 3. The minimum absolute atomic E-state index is 0.0942. The second-order valence-corrected chi connectivity index (χ2v) is 10.8. The highest BCUT2D eigenvalue weighted by Gasteiger charge is 2.57. The molecule has 0 heterocycles. The first-order chi connectivity index (χ1) is 13.6. The van der Waals surface area contributed by atoms with Crippen LogP contribution in [0.4, 0.5) is 4.79 Å². The third kappa shape index (κ3) is 3.07. The third-order valence-electron chi connectivity index (χ3n) is 9.10. The van der Waals surface area contributed by atoms with E-state index in [1.54, 1.807) is 20.2 Å². The number of carbonyl (C=O) groups excluding carboxylic acids is 3. The zero-order valence-corrected chi connectivity index (χ0v) is 18.7. The number of nitrogens with zero attached hydrogens (tertiary/aromatic N) is 2. The summed E-state index contributed by atoms with van der Waals surface area (Å²) >= 11 is 0. The predicted octanol–water partition coefficient (Wildman–Crippen LogP) is 4.27. The van der Waals surface area contributed by atoms with Crippen molar-refractivity contribution in [2.45, 2.75) is 65.2 Å². The smallest absolute Gasteiger partial charge is 0.325 e. The van der Waals surface area contributed by atoms with Gasteiger partial charge in [0.2, 0.25) is 5.91 Å². The number of carbonyl (C=O) groups is 3. The standard InChI is InChI=1S/C24H36N2O3/c1-23-11-6-7-18(23)16-9-8-15-13-20(27)17(14-24(15,2)19(16)10-12-23)21(28)26(5)22(29)25(3)4/h13,16-19H,6-12,14H2,1-5H3/t16-,17?,18-,19+,23-,24-/m0/s1. The van der Waals surface area contributed by atoms with Gasteiger partial charge in [0.1, 0.15) is 5.92 Å². The molecule has 5 heteroatoms. The number of fused-ring (bicyclic) bond motifs is 5. The molecule has 0 radical (unpaired) electrons. The summed E-state index contributed by atoms with van der Waals surface area (Å²) in [5.41, 5.74) is 1.66. The van der Waals surface area contributed by atoms with E-state index >= 15 is 0 Å². The maximum Gasteiger partial charge on any atom is 0.325 e. The van der Waals surface area contributed by atoms with Crippen LogP contribution in [-0.4, -0.2) is 48.7 Å². The van der Waals surface area contributed by atoms with Crippen molar-refractivity contribution < 1.29 is 14.4 Å². The molecule has 0 bridgehead atoms. The highest BCUT2D eigenvalue weighted by atomic mass is 16.2. The van der Waals surface area contributed by atoms with E-state index in [9.17, 15) is 14.4 Å². The molecule has 4 aliphatic rings. The van der Waals surface area contributed by atoms with Crippen molar-refractivity contribution in [2.75, 3.05) is 21.1 Å². The molecule has 0 aromatic rings. The van der Waals surface area contributed by atoms with E-state index in [1.807, 2.05) is 0 Å². The summed E-state index contributed by atoms with van der Waals surface area (Å²) in [4.78, 5) is 40.8. The minimum Gasteiger partial charge on any atom is -0.330 e. The van der Waals surface area contributed by atoms with E-state index in [0.717, 1.165) is 17.2 Å². The van der Waals surface area contributed by atoms with Gasteiger partial charge in [-0.2, -0.15) is 0 Å². The number of allylic oxidation sites excluding steroid dienone is 1. The van der Waals surface area contributed by atoms with Gasteiger partial charge >= 0.3 is 6.03 Å². The summed E-state index contributed by atoms with van der Waals surface area (Å²) in [6.07, 6.45) is 11.0. The molecule has 6 atom stereocenters. The molecule has 0 aromatic heterocycles. The molecular formula is C24H36N2O3. The molecule has 5 nitrogen and oxygen atoms in total. The Labute approximate surface area is 174 Å². The third-order valence-corrected chi connectivity index (χ3v) is 9.10. The van der Waals surface area contributed by atoms with Gasteiger partial charge in [0.15, 0.2) is 5.78 Å². The summed E-state index contributed by atoms with van der Waals surface area (Å²) in [5, 5.41) is 0. The molecule has 0 aromatic carbocycles. The summed E-state index contributed by atoms with van der Waals surface area (Å²) in [7, 11) is 4.74. The summed E-state index contributed by atoms with van der Waals surface area (Å²) in [6, 6.07) is -0.372. The molecule has 3 saturated carbocycles. The lowest BCUT2D eigenvalue weighted by Gasteiger charge is -2.58. The molecule has 0 N–H and O–H groups in total. The topological polar surface area (TPSA) is 57.7 Å². The first-order valence-electron chi connectivity index (χ1n) is 11.3. The summed E-state index contributed by atoms with van der Waals surface area (Å²) in [5.74, 6) is 0.868. The monoisotopic (exact) mass is 400 g/mol. The number of hydrogen-bond acceptors (Lipinski definition) is 3. The Bertz CT molecular complexity index is 772. The Morgan fingerprint density at radius 3 is 2.45 bits per heavy atom. The van der Waals surface area contributed by atoms with Gasteiger partial charge in [0, 0.05) is 21.1 Å². The van der Waals surface area contributed by atoms with Crippen molar-refractivity contribution in [3.05, 3.63) is 11.6 Å². The van der Waals surface area contributed by atoms with Crippen LogP contribution in [-0.2, 0) is 9.59 Å². The van der Waals surface area contributed by atoms with E-state index in [2.05, 4.69) is 13.8 Å². The molecule has 3 fully saturated rings. The van der Waals surface area contributed by atoms with Crippen LogP contribution in [0.25, 0.3) is 0 Å². The molecule has 29 heavy (non-hydrogen) atoms. The summed E-state index contributed by atoms with van der Waals surface area (Å²) in [6.45, 7) is 4.79. The van der Waals surface area contributed by atoms with E-state index in [1.165, 1.54) is 56.0 Å². The van der Waals surface area contributed by atoms with Crippen molar-refractivity contribution in [1.82, 2.24) is 9.80 Å². The quantitative estimate of drug-likeness (QED) is 0.618. The largest absolute Gasteiger partial charge is 0.330 e. The van der Waals surface area contributed by atoms with Crippen molar-refractivity contribution in [3.63, 3.8) is 0 Å². The zero-order valence-electron chi connectivity index (χ0n) is 18.7. The Kier molecular flexibility index (Phi) is 4.94. The SMILES string of the molecule is CN(C)C(=O)N(C)C(=O)C1C[C@@]2(C)C(=CC1=O)CC[C@@H]1[C@H]2CC[C@]2(C)CCC[C@@H]12. The molecule has 3 amide bonds. The number of rotatable bonds is 1. The number of imide groups is 1. The molecular weight excluding hydrogens is 364 g/mol.